The number of rotatable bonds is 5. The Morgan fingerprint density at radius 3 is 2.53 bits per heavy atom. The first kappa shape index (κ1) is 15.0. The van der Waals surface area contributed by atoms with Crippen LogP contribution in [0.15, 0.2) is 12.2 Å². The topological polar surface area (TPSA) is 26.3 Å². The summed E-state index contributed by atoms with van der Waals surface area (Å²) in [7, 11) is 0. The predicted molar refractivity (Wildman–Crippen MR) is 79.2 cm³/mol. The van der Waals surface area contributed by atoms with Crippen LogP contribution in [0.2, 0.25) is 0 Å². The molecule has 0 aliphatic carbocycles. The van der Waals surface area contributed by atoms with Crippen molar-refractivity contribution in [3.8, 4) is 0 Å². The molecule has 1 aliphatic rings. The number of hydrogen-bond acceptors (Lipinski definition) is 2. The van der Waals surface area contributed by atoms with Crippen LogP contribution in [0, 0.1) is 17.8 Å². The molecule has 0 amide bonds. The molecule has 1 rings (SSSR count). The van der Waals surface area contributed by atoms with E-state index in [1.807, 2.05) is 6.92 Å². The van der Waals surface area contributed by atoms with Gasteiger partial charge in [0.05, 0.1) is 5.92 Å². The standard InChI is InChI=1S/C14H23IO2/c1-5-8-10(6-2)12-11(7-3)13(9(4)15)17-14(12)16/h5,8-13H,6-7H2,1-4H3/b8-5+/t9-,10+,11+,12+,13-/m1/s1. The Kier molecular flexibility index (Phi) is 5.97. The summed E-state index contributed by atoms with van der Waals surface area (Å²) in [6.45, 7) is 8.45. The van der Waals surface area contributed by atoms with E-state index in [0.717, 1.165) is 12.8 Å². The van der Waals surface area contributed by atoms with E-state index in [0.29, 0.717) is 15.8 Å². The number of esters is 1. The van der Waals surface area contributed by atoms with Crippen LogP contribution in [0.1, 0.15) is 40.5 Å². The highest BCUT2D eigenvalue weighted by atomic mass is 127. The molecule has 1 heterocycles. The summed E-state index contributed by atoms with van der Waals surface area (Å²) in [5.74, 6) is 0.770. The monoisotopic (exact) mass is 350 g/mol. The summed E-state index contributed by atoms with van der Waals surface area (Å²) in [6, 6.07) is 0. The molecule has 3 heteroatoms. The first-order valence-corrected chi connectivity index (χ1v) is 7.78. The summed E-state index contributed by atoms with van der Waals surface area (Å²) < 4.78 is 5.97. The van der Waals surface area contributed by atoms with Crippen LogP contribution in [0.25, 0.3) is 0 Å². The highest BCUT2D eigenvalue weighted by Gasteiger charge is 2.47. The predicted octanol–water partition coefficient (Wildman–Crippen LogP) is 3.98. The zero-order chi connectivity index (χ0) is 13.0. The van der Waals surface area contributed by atoms with Crippen LogP contribution < -0.4 is 0 Å². The van der Waals surface area contributed by atoms with E-state index in [1.54, 1.807) is 0 Å². The Morgan fingerprint density at radius 2 is 2.12 bits per heavy atom. The van der Waals surface area contributed by atoms with E-state index >= 15 is 0 Å². The average Bonchev–Trinajstić information content (AvgIpc) is 2.63. The second-order valence-corrected chi connectivity index (χ2v) is 6.74. The van der Waals surface area contributed by atoms with Gasteiger partial charge >= 0.3 is 5.97 Å². The lowest BCUT2D eigenvalue weighted by Crippen LogP contribution is -2.29. The van der Waals surface area contributed by atoms with Gasteiger partial charge in [-0.3, -0.25) is 4.79 Å². The van der Waals surface area contributed by atoms with Crippen molar-refractivity contribution >= 4 is 28.6 Å². The van der Waals surface area contributed by atoms with Crippen molar-refractivity contribution in [2.45, 2.75) is 50.6 Å². The molecule has 98 valence electrons. The Bertz CT molecular complexity index is 286. The average molecular weight is 350 g/mol. The summed E-state index contributed by atoms with van der Waals surface area (Å²) in [4.78, 5) is 12.1. The van der Waals surface area contributed by atoms with E-state index in [2.05, 4.69) is 55.5 Å². The van der Waals surface area contributed by atoms with Crippen LogP contribution in [-0.4, -0.2) is 16.0 Å². The minimum Gasteiger partial charge on any atom is -0.461 e. The van der Waals surface area contributed by atoms with Crippen LogP contribution in [0.5, 0.6) is 0 Å². The van der Waals surface area contributed by atoms with Gasteiger partial charge in [0.25, 0.3) is 0 Å². The van der Waals surface area contributed by atoms with Crippen LogP contribution >= 0.6 is 22.6 Å². The molecule has 1 aliphatic heterocycles. The molecule has 0 aromatic carbocycles. The molecular formula is C14H23IO2. The van der Waals surface area contributed by atoms with Gasteiger partial charge in [0, 0.05) is 9.84 Å². The van der Waals surface area contributed by atoms with E-state index in [-0.39, 0.29) is 18.0 Å². The molecule has 0 aromatic rings. The first-order chi connectivity index (χ1) is 8.06. The van der Waals surface area contributed by atoms with Gasteiger partial charge in [0.2, 0.25) is 0 Å². The smallest absolute Gasteiger partial charge is 0.310 e. The zero-order valence-corrected chi connectivity index (χ0v) is 13.3. The fourth-order valence-corrected chi connectivity index (χ4v) is 3.53. The van der Waals surface area contributed by atoms with Gasteiger partial charge in [-0.25, -0.2) is 0 Å². The van der Waals surface area contributed by atoms with E-state index < -0.39 is 0 Å². The third-order valence-electron chi connectivity index (χ3n) is 3.70. The maximum Gasteiger partial charge on any atom is 0.310 e. The number of halogens is 1. The number of cyclic esters (lactones) is 1. The number of alkyl halides is 1. The second kappa shape index (κ2) is 6.76. The fraction of sp³-hybridized carbons (Fsp3) is 0.786. The number of allylic oxidation sites excluding steroid dienone is 2. The van der Waals surface area contributed by atoms with Gasteiger partial charge in [-0.2, -0.15) is 0 Å². The Labute approximate surface area is 118 Å². The number of carbonyl (C=O) groups is 1. The van der Waals surface area contributed by atoms with Gasteiger partial charge in [0.15, 0.2) is 0 Å². The normalized spacial score (nSPS) is 32.8. The summed E-state index contributed by atoms with van der Waals surface area (Å²) >= 11 is 2.36. The summed E-state index contributed by atoms with van der Waals surface area (Å²) in [6.07, 6.45) is 6.33. The molecule has 17 heavy (non-hydrogen) atoms. The van der Waals surface area contributed by atoms with Crippen LogP contribution in [0.3, 0.4) is 0 Å². The summed E-state index contributed by atoms with van der Waals surface area (Å²) in [5, 5.41) is 0. The van der Waals surface area contributed by atoms with Crippen molar-refractivity contribution in [2.24, 2.45) is 17.8 Å². The van der Waals surface area contributed by atoms with Crippen LogP contribution in [-0.2, 0) is 9.53 Å². The fourth-order valence-electron chi connectivity index (χ4n) is 2.85. The minimum absolute atomic E-state index is 0.00955. The second-order valence-electron chi connectivity index (χ2n) is 4.77. The van der Waals surface area contributed by atoms with Gasteiger partial charge in [-0.1, -0.05) is 48.6 Å². The van der Waals surface area contributed by atoms with Crippen molar-refractivity contribution in [1.82, 2.24) is 0 Å². The highest BCUT2D eigenvalue weighted by Crippen LogP contribution is 2.40. The SMILES string of the molecule is C/C=C/[C@H](CC)[C@@H]1C(=O)O[C@H]([C@@H](C)I)[C@H]1CC. The highest BCUT2D eigenvalue weighted by molar-refractivity contribution is 14.1. The molecule has 0 aromatic heterocycles. The van der Waals surface area contributed by atoms with Crippen molar-refractivity contribution < 1.29 is 9.53 Å². The molecule has 0 saturated carbocycles. The Balaban J connectivity index is 2.93. The molecule has 0 radical (unpaired) electrons. The number of carbonyl (C=O) groups excluding carboxylic acids is 1. The van der Waals surface area contributed by atoms with Gasteiger partial charge < -0.3 is 4.74 Å². The molecule has 5 atom stereocenters. The molecule has 2 nitrogen and oxygen atoms in total. The lowest BCUT2D eigenvalue weighted by atomic mass is 9.77. The van der Waals surface area contributed by atoms with Crippen molar-refractivity contribution in [2.75, 3.05) is 0 Å². The third-order valence-corrected chi connectivity index (χ3v) is 4.41. The number of ether oxygens (including phenoxy) is 1. The first-order valence-electron chi connectivity index (χ1n) is 6.54. The zero-order valence-electron chi connectivity index (χ0n) is 11.2. The van der Waals surface area contributed by atoms with E-state index in [1.165, 1.54) is 0 Å². The Morgan fingerprint density at radius 1 is 1.47 bits per heavy atom. The summed E-state index contributed by atoms with van der Waals surface area (Å²) in [5.41, 5.74) is 0. The molecule has 0 bridgehead atoms. The quantitative estimate of drug-likeness (QED) is 0.325. The van der Waals surface area contributed by atoms with Crippen LogP contribution in [0.4, 0.5) is 0 Å². The largest absolute Gasteiger partial charge is 0.461 e. The Hall–Kier alpha value is -0.0600. The maximum atomic E-state index is 12.1. The van der Waals surface area contributed by atoms with Crippen molar-refractivity contribution in [1.29, 1.82) is 0 Å². The van der Waals surface area contributed by atoms with Crippen molar-refractivity contribution in [3.63, 3.8) is 0 Å². The third kappa shape index (κ3) is 3.24. The molecule has 0 unspecified atom stereocenters. The van der Waals surface area contributed by atoms with E-state index in [4.69, 9.17) is 4.74 Å². The molecule has 1 saturated heterocycles. The minimum atomic E-state index is 0.00955. The molecule has 0 spiro atoms. The maximum absolute atomic E-state index is 12.1. The molecular weight excluding hydrogens is 327 g/mol. The lowest BCUT2D eigenvalue weighted by Gasteiger charge is -2.24. The van der Waals surface area contributed by atoms with Gasteiger partial charge in [0.1, 0.15) is 6.10 Å². The van der Waals surface area contributed by atoms with Gasteiger partial charge in [-0.05, 0) is 32.6 Å². The lowest BCUT2D eigenvalue weighted by molar-refractivity contribution is -0.144. The molecule has 1 fully saturated rings. The van der Waals surface area contributed by atoms with Crippen molar-refractivity contribution in [3.05, 3.63) is 12.2 Å². The van der Waals surface area contributed by atoms with Gasteiger partial charge in [-0.15, -0.1) is 0 Å². The molecule has 0 N–H and O–H groups in total. The number of hydrogen-bond donors (Lipinski definition) is 0. The van der Waals surface area contributed by atoms with E-state index in [9.17, 15) is 4.79 Å².